The molecular formula is C12H26N2O2. The quantitative estimate of drug-likeness (QED) is 0.667. The van der Waals surface area contributed by atoms with Crippen molar-refractivity contribution in [3.8, 4) is 0 Å². The molecule has 0 saturated carbocycles. The van der Waals surface area contributed by atoms with Gasteiger partial charge in [0.1, 0.15) is 0 Å². The molecule has 2 N–H and O–H groups in total. The number of hydrogen-bond acceptors (Lipinski definition) is 4. The van der Waals surface area contributed by atoms with Crippen LogP contribution in [0, 0.1) is 0 Å². The highest BCUT2D eigenvalue weighted by molar-refractivity contribution is 4.72. The number of likely N-dealkylation sites (tertiary alicyclic amines) is 1. The summed E-state index contributed by atoms with van der Waals surface area (Å²) in [6.45, 7) is 6.74. The van der Waals surface area contributed by atoms with Crippen LogP contribution in [0.25, 0.3) is 0 Å². The van der Waals surface area contributed by atoms with E-state index in [1.807, 2.05) is 0 Å². The fourth-order valence-electron chi connectivity index (χ4n) is 2.18. The van der Waals surface area contributed by atoms with Crippen molar-refractivity contribution < 1.29 is 9.84 Å². The molecule has 1 saturated heterocycles. The summed E-state index contributed by atoms with van der Waals surface area (Å²) in [6.07, 6.45) is 3.65. The fraction of sp³-hybridized carbons (Fsp3) is 1.00. The van der Waals surface area contributed by atoms with E-state index in [4.69, 9.17) is 4.74 Å². The molecule has 0 aromatic heterocycles. The third-order valence-corrected chi connectivity index (χ3v) is 3.04. The monoisotopic (exact) mass is 230 g/mol. The van der Waals surface area contributed by atoms with Crippen LogP contribution in [0.1, 0.15) is 26.2 Å². The van der Waals surface area contributed by atoms with Crippen molar-refractivity contribution >= 4 is 0 Å². The van der Waals surface area contributed by atoms with Crippen LogP contribution in [0.5, 0.6) is 0 Å². The Morgan fingerprint density at radius 2 is 2.00 bits per heavy atom. The molecule has 0 aromatic rings. The molecule has 4 heteroatoms. The van der Waals surface area contributed by atoms with Crippen molar-refractivity contribution in [3.05, 3.63) is 0 Å². The number of methoxy groups -OCH3 is 1. The van der Waals surface area contributed by atoms with Crippen LogP contribution in [-0.4, -0.2) is 62.0 Å². The van der Waals surface area contributed by atoms with Crippen LogP contribution in [0.4, 0.5) is 0 Å². The van der Waals surface area contributed by atoms with Gasteiger partial charge in [-0.25, -0.2) is 0 Å². The van der Waals surface area contributed by atoms with Crippen molar-refractivity contribution in [1.82, 2.24) is 10.2 Å². The van der Waals surface area contributed by atoms with E-state index in [9.17, 15) is 5.11 Å². The number of nitrogens with zero attached hydrogens (tertiary/aromatic N) is 1. The Balaban J connectivity index is 2.07. The summed E-state index contributed by atoms with van der Waals surface area (Å²) < 4.78 is 4.89. The van der Waals surface area contributed by atoms with Crippen molar-refractivity contribution in [1.29, 1.82) is 0 Å². The Hall–Kier alpha value is -0.160. The van der Waals surface area contributed by atoms with Gasteiger partial charge in [-0.1, -0.05) is 6.42 Å². The Bertz CT molecular complexity index is 172. The summed E-state index contributed by atoms with van der Waals surface area (Å²) in [5, 5.41) is 12.8. The molecular weight excluding hydrogens is 204 g/mol. The van der Waals surface area contributed by atoms with Crippen LogP contribution in [0.2, 0.25) is 0 Å². The van der Waals surface area contributed by atoms with E-state index in [0.29, 0.717) is 19.2 Å². The van der Waals surface area contributed by atoms with Gasteiger partial charge in [0.2, 0.25) is 0 Å². The predicted octanol–water partition coefficient (Wildman–Crippen LogP) is 0.458. The summed E-state index contributed by atoms with van der Waals surface area (Å²) >= 11 is 0. The highest BCUT2D eigenvalue weighted by atomic mass is 16.5. The number of hydrogen-bond donors (Lipinski definition) is 2. The number of ether oxygens (including phenoxy) is 1. The van der Waals surface area contributed by atoms with Crippen molar-refractivity contribution in [3.63, 3.8) is 0 Å². The smallest absolute Gasteiger partial charge is 0.0897 e. The standard InChI is InChI=1S/C12H26N2O2/c1-11(13-8-12(15)10-16-2)9-14-6-4-3-5-7-14/h11-13,15H,3-10H2,1-2H3. The van der Waals surface area contributed by atoms with Crippen LogP contribution in [0.15, 0.2) is 0 Å². The molecule has 0 bridgehead atoms. The van der Waals surface area contributed by atoms with Gasteiger partial charge in [-0.15, -0.1) is 0 Å². The SMILES string of the molecule is COCC(O)CNC(C)CN1CCCCC1. The van der Waals surface area contributed by atoms with Gasteiger partial charge in [0.25, 0.3) is 0 Å². The molecule has 0 aromatic carbocycles. The van der Waals surface area contributed by atoms with Gasteiger partial charge < -0.3 is 20.1 Å². The third kappa shape index (κ3) is 5.80. The molecule has 4 nitrogen and oxygen atoms in total. The number of piperidine rings is 1. The Morgan fingerprint density at radius 3 is 2.62 bits per heavy atom. The molecule has 0 radical (unpaired) electrons. The maximum atomic E-state index is 9.50. The molecule has 96 valence electrons. The Morgan fingerprint density at radius 1 is 1.31 bits per heavy atom. The van der Waals surface area contributed by atoms with Crippen LogP contribution in [0.3, 0.4) is 0 Å². The lowest BCUT2D eigenvalue weighted by atomic mass is 10.1. The van der Waals surface area contributed by atoms with E-state index in [1.165, 1.54) is 32.4 Å². The third-order valence-electron chi connectivity index (χ3n) is 3.04. The van der Waals surface area contributed by atoms with E-state index >= 15 is 0 Å². The van der Waals surface area contributed by atoms with Crippen molar-refractivity contribution in [2.24, 2.45) is 0 Å². The molecule has 1 aliphatic rings. The molecule has 1 heterocycles. The second-order valence-electron chi connectivity index (χ2n) is 4.78. The maximum Gasteiger partial charge on any atom is 0.0897 e. The van der Waals surface area contributed by atoms with Gasteiger partial charge in [0.05, 0.1) is 12.7 Å². The average Bonchev–Trinajstić information content (AvgIpc) is 2.28. The van der Waals surface area contributed by atoms with E-state index < -0.39 is 6.10 Å². The maximum absolute atomic E-state index is 9.50. The van der Waals surface area contributed by atoms with Crippen molar-refractivity contribution in [2.75, 3.05) is 39.9 Å². The first-order chi connectivity index (χ1) is 7.72. The molecule has 0 aliphatic carbocycles. The summed E-state index contributed by atoms with van der Waals surface area (Å²) in [6, 6.07) is 0.435. The molecule has 1 fully saturated rings. The summed E-state index contributed by atoms with van der Waals surface area (Å²) in [5.74, 6) is 0. The zero-order valence-corrected chi connectivity index (χ0v) is 10.6. The van der Waals surface area contributed by atoms with Gasteiger partial charge >= 0.3 is 0 Å². The van der Waals surface area contributed by atoms with Crippen LogP contribution in [-0.2, 0) is 4.74 Å². The molecule has 1 rings (SSSR count). The predicted molar refractivity (Wildman–Crippen MR) is 65.6 cm³/mol. The van der Waals surface area contributed by atoms with E-state index in [0.717, 1.165) is 6.54 Å². The minimum absolute atomic E-state index is 0.395. The fourth-order valence-corrected chi connectivity index (χ4v) is 2.18. The van der Waals surface area contributed by atoms with Crippen LogP contribution < -0.4 is 5.32 Å². The number of rotatable bonds is 7. The van der Waals surface area contributed by atoms with Crippen molar-refractivity contribution in [2.45, 2.75) is 38.3 Å². The summed E-state index contributed by atoms with van der Waals surface area (Å²) in [4.78, 5) is 2.50. The lowest BCUT2D eigenvalue weighted by Gasteiger charge is -2.29. The molecule has 0 spiro atoms. The molecule has 16 heavy (non-hydrogen) atoms. The van der Waals surface area contributed by atoms with E-state index in [-0.39, 0.29) is 0 Å². The van der Waals surface area contributed by atoms with E-state index in [2.05, 4.69) is 17.1 Å². The summed E-state index contributed by atoms with van der Waals surface area (Å²) in [7, 11) is 1.61. The highest BCUT2D eigenvalue weighted by Crippen LogP contribution is 2.08. The molecule has 0 amide bonds. The minimum atomic E-state index is -0.395. The van der Waals surface area contributed by atoms with Gasteiger partial charge in [0.15, 0.2) is 0 Å². The Kier molecular flexibility index (Phi) is 6.96. The average molecular weight is 230 g/mol. The first-order valence-corrected chi connectivity index (χ1v) is 6.35. The molecule has 2 unspecified atom stereocenters. The zero-order valence-electron chi connectivity index (χ0n) is 10.6. The van der Waals surface area contributed by atoms with Gasteiger partial charge in [0, 0.05) is 26.2 Å². The van der Waals surface area contributed by atoms with Crippen LogP contribution >= 0.6 is 0 Å². The lowest BCUT2D eigenvalue weighted by molar-refractivity contribution is 0.0617. The second-order valence-corrected chi connectivity index (χ2v) is 4.78. The highest BCUT2D eigenvalue weighted by Gasteiger charge is 2.13. The van der Waals surface area contributed by atoms with Gasteiger partial charge in [-0.3, -0.25) is 0 Å². The minimum Gasteiger partial charge on any atom is -0.389 e. The first kappa shape index (κ1) is 13.9. The number of nitrogens with one attached hydrogen (secondary N) is 1. The van der Waals surface area contributed by atoms with Gasteiger partial charge in [-0.05, 0) is 32.9 Å². The summed E-state index contributed by atoms with van der Waals surface area (Å²) in [5.41, 5.74) is 0. The Labute approximate surface area is 99.0 Å². The zero-order chi connectivity index (χ0) is 11.8. The van der Waals surface area contributed by atoms with Gasteiger partial charge in [-0.2, -0.15) is 0 Å². The second kappa shape index (κ2) is 8.01. The largest absolute Gasteiger partial charge is 0.389 e. The molecule has 1 aliphatic heterocycles. The first-order valence-electron chi connectivity index (χ1n) is 6.35. The number of aliphatic hydroxyl groups excluding tert-OH is 1. The topological polar surface area (TPSA) is 44.7 Å². The number of aliphatic hydroxyl groups is 1. The lowest BCUT2D eigenvalue weighted by Crippen LogP contribution is -2.44. The van der Waals surface area contributed by atoms with E-state index in [1.54, 1.807) is 7.11 Å². The normalized spacial score (nSPS) is 21.9. The molecule has 2 atom stereocenters.